The van der Waals surface area contributed by atoms with Crippen LogP contribution in [0.15, 0.2) is 30.5 Å². The Morgan fingerprint density at radius 3 is 2.56 bits per heavy atom. The fourth-order valence-electron chi connectivity index (χ4n) is 2.29. The third kappa shape index (κ3) is 2.40. The van der Waals surface area contributed by atoms with E-state index < -0.39 is 0 Å². The maximum absolute atomic E-state index is 12.5. The Kier molecular flexibility index (Phi) is 4.03. The fraction of sp³-hybridized carbons (Fsp3) is 0.400. The van der Waals surface area contributed by atoms with Crippen LogP contribution in [0.1, 0.15) is 37.0 Å². The zero-order valence-electron chi connectivity index (χ0n) is 11.1. The van der Waals surface area contributed by atoms with E-state index in [9.17, 15) is 4.79 Å². The minimum absolute atomic E-state index is 0.131. The highest BCUT2D eigenvalue weighted by atomic mass is 16.2. The Balaban J connectivity index is 2.34. The van der Waals surface area contributed by atoms with E-state index in [4.69, 9.17) is 0 Å². The molecule has 0 aliphatic rings. The molecule has 0 saturated heterocycles. The number of carbonyl (C=O) groups is 1. The SMILES string of the molecule is CCCN(CCC)C(=O)c1cccc2cc[nH]c12. The first-order valence-corrected chi connectivity index (χ1v) is 6.63. The molecule has 0 fully saturated rings. The molecule has 0 aliphatic carbocycles. The van der Waals surface area contributed by atoms with Crippen molar-refractivity contribution in [2.45, 2.75) is 26.7 Å². The Hall–Kier alpha value is -1.77. The maximum Gasteiger partial charge on any atom is 0.255 e. The molecular weight excluding hydrogens is 224 g/mol. The number of rotatable bonds is 5. The second-order valence-electron chi connectivity index (χ2n) is 4.54. The van der Waals surface area contributed by atoms with Gasteiger partial charge >= 0.3 is 0 Å². The van der Waals surface area contributed by atoms with Gasteiger partial charge in [0.2, 0.25) is 0 Å². The lowest BCUT2D eigenvalue weighted by atomic mass is 10.1. The largest absolute Gasteiger partial charge is 0.361 e. The minimum Gasteiger partial charge on any atom is -0.361 e. The first kappa shape index (κ1) is 12.7. The van der Waals surface area contributed by atoms with Crippen molar-refractivity contribution in [3.8, 4) is 0 Å². The first-order valence-electron chi connectivity index (χ1n) is 6.63. The van der Waals surface area contributed by atoms with Gasteiger partial charge in [-0.1, -0.05) is 26.0 Å². The van der Waals surface area contributed by atoms with E-state index in [1.165, 1.54) is 0 Å². The van der Waals surface area contributed by atoms with Crippen LogP contribution in [-0.2, 0) is 0 Å². The molecule has 1 heterocycles. The van der Waals surface area contributed by atoms with Crippen LogP contribution in [0, 0.1) is 0 Å². The summed E-state index contributed by atoms with van der Waals surface area (Å²) in [5.41, 5.74) is 1.72. The van der Waals surface area contributed by atoms with Gasteiger partial charge in [-0.25, -0.2) is 0 Å². The zero-order chi connectivity index (χ0) is 13.0. The van der Waals surface area contributed by atoms with Crippen LogP contribution in [0.3, 0.4) is 0 Å². The number of amides is 1. The number of fused-ring (bicyclic) bond motifs is 1. The molecule has 0 spiro atoms. The molecule has 1 amide bonds. The average molecular weight is 244 g/mol. The Labute approximate surface area is 108 Å². The van der Waals surface area contributed by atoms with Gasteiger partial charge in [-0.3, -0.25) is 4.79 Å². The van der Waals surface area contributed by atoms with Crippen LogP contribution in [-0.4, -0.2) is 28.9 Å². The van der Waals surface area contributed by atoms with E-state index in [1.807, 2.05) is 35.4 Å². The number of aromatic nitrogens is 1. The quantitative estimate of drug-likeness (QED) is 0.859. The molecule has 3 heteroatoms. The molecule has 1 aromatic heterocycles. The molecule has 2 rings (SSSR count). The lowest BCUT2D eigenvalue weighted by Crippen LogP contribution is -2.32. The van der Waals surface area contributed by atoms with Crippen LogP contribution in [0.5, 0.6) is 0 Å². The van der Waals surface area contributed by atoms with Crippen molar-refractivity contribution in [3.05, 3.63) is 36.0 Å². The summed E-state index contributed by atoms with van der Waals surface area (Å²) >= 11 is 0. The molecule has 1 aromatic carbocycles. The van der Waals surface area contributed by atoms with Crippen molar-refractivity contribution >= 4 is 16.8 Å². The van der Waals surface area contributed by atoms with Gasteiger partial charge in [0.05, 0.1) is 11.1 Å². The molecule has 0 atom stereocenters. The highest BCUT2D eigenvalue weighted by molar-refractivity contribution is 6.05. The smallest absolute Gasteiger partial charge is 0.255 e. The second kappa shape index (κ2) is 5.71. The van der Waals surface area contributed by atoms with Crippen LogP contribution in [0.4, 0.5) is 0 Å². The Morgan fingerprint density at radius 1 is 1.17 bits per heavy atom. The Morgan fingerprint density at radius 2 is 1.89 bits per heavy atom. The van der Waals surface area contributed by atoms with Crippen LogP contribution in [0.25, 0.3) is 10.9 Å². The predicted octanol–water partition coefficient (Wildman–Crippen LogP) is 3.43. The van der Waals surface area contributed by atoms with Crippen molar-refractivity contribution < 1.29 is 4.79 Å². The van der Waals surface area contributed by atoms with Gasteiger partial charge in [0.15, 0.2) is 0 Å². The highest BCUT2D eigenvalue weighted by Crippen LogP contribution is 2.18. The van der Waals surface area contributed by atoms with E-state index >= 15 is 0 Å². The minimum atomic E-state index is 0.131. The van der Waals surface area contributed by atoms with Crippen molar-refractivity contribution in [1.29, 1.82) is 0 Å². The zero-order valence-corrected chi connectivity index (χ0v) is 11.1. The maximum atomic E-state index is 12.5. The summed E-state index contributed by atoms with van der Waals surface area (Å²) in [6.45, 7) is 5.85. The molecule has 0 bridgehead atoms. The van der Waals surface area contributed by atoms with Crippen LogP contribution >= 0.6 is 0 Å². The summed E-state index contributed by atoms with van der Waals surface area (Å²) in [7, 11) is 0. The van der Waals surface area contributed by atoms with E-state index in [2.05, 4.69) is 18.8 Å². The van der Waals surface area contributed by atoms with Gasteiger partial charge in [-0.15, -0.1) is 0 Å². The second-order valence-corrected chi connectivity index (χ2v) is 4.54. The Bertz CT molecular complexity index is 524. The van der Waals surface area contributed by atoms with Crippen molar-refractivity contribution in [1.82, 2.24) is 9.88 Å². The van der Waals surface area contributed by atoms with E-state index in [0.717, 1.165) is 42.4 Å². The number of carbonyl (C=O) groups excluding carboxylic acids is 1. The van der Waals surface area contributed by atoms with Crippen molar-refractivity contribution in [2.24, 2.45) is 0 Å². The molecule has 0 saturated carbocycles. The van der Waals surface area contributed by atoms with Crippen LogP contribution < -0.4 is 0 Å². The van der Waals surface area contributed by atoms with E-state index in [0.29, 0.717) is 0 Å². The van der Waals surface area contributed by atoms with Crippen molar-refractivity contribution in [3.63, 3.8) is 0 Å². The van der Waals surface area contributed by atoms with E-state index in [1.54, 1.807) is 0 Å². The number of hydrogen-bond donors (Lipinski definition) is 1. The molecule has 3 nitrogen and oxygen atoms in total. The van der Waals surface area contributed by atoms with Crippen LogP contribution in [0.2, 0.25) is 0 Å². The number of aromatic amines is 1. The molecule has 96 valence electrons. The van der Waals surface area contributed by atoms with E-state index in [-0.39, 0.29) is 5.91 Å². The van der Waals surface area contributed by atoms with Crippen molar-refractivity contribution in [2.75, 3.05) is 13.1 Å². The molecule has 0 unspecified atom stereocenters. The number of H-pyrrole nitrogens is 1. The lowest BCUT2D eigenvalue weighted by molar-refractivity contribution is 0.0757. The number of benzene rings is 1. The molecule has 0 aliphatic heterocycles. The summed E-state index contributed by atoms with van der Waals surface area (Å²) in [5.74, 6) is 0.131. The lowest BCUT2D eigenvalue weighted by Gasteiger charge is -2.21. The number of para-hydroxylation sites is 1. The summed E-state index contributed by atoms with van der Waals surface area (Å²) in [6, 6.07) is 7.86. The van der Waals surface area contributed by atoms with Gasteiger partial charge in [0, 0.05) is 24.7 Å². The molecule has 0 radical (unpaired) electrons. The topological polar surface area (TPSA) is 36.1 Å². The van der Waals surface area contributed by atoms with Gasteiger partial charge < -0.3 is 9.88 Å². The summed E-state index contributed by atoms with van der Waals surface area (Å²) in [5, 5.41) is 1.09. The highest BCUT2D eigenvalue weighted by Gasteiger charge is 2.16. The van der Waals surface area contributed by atoms with Gasteiger partial charge in [0.1, 0.15) is 0 Å². The third-order valence-electron chi connectivity index (χ3n) is 3.09. The summed E-state index contributed by atoms with van der Waals surface area (Å²) in [4.78, 5) is 17.6. The first-order chi connectivity index (χ1) is 8.77. The normalized spacial score (nSPS) is 10.8. The molecule has 1 N–H and O–H groups in total. The monoisotopic (exact) mass is 244 g/mol. The standard InChI is InChI=1S/C15H20N2O/c1-3-10-17(11-4-2)15(18)13-7-5-6-12-8-9-16-14(12)13/h5-9,16H,3-4,10-11H2,1-2H3. The van der Waals surface area contributed by atoms with Gasteiger partial charge in [-0.2, -0.15) is 0 Å². The third-order valence-corrected chi connectivity index (χ3v) is 3.09. The van der Waals surface area contributed by atoms with Gasteiger partial charge in [-0.05, 0) is 25.0 Å². The summed E-state index contributed by atoms with van der Waals surface area (Å²) in [6.07, 6.45) is 3.87. The van der Waals surface area contributed by atoms with Gasteiger partial charge in [0.25, 0.3) is 5.91 Å². The summed E-state index contributed by atoms with van der Waals surface area (Å²) < 4.78 is 0. The fourth-order valence-corrected chi connectivity index (χ4v) is 2.29. The molecule has 2 aromatic rings. The average Bonchev–Trinajstić information content (AvgIpc) is 2.85. The molecule has 18 heavy (non-hydrogen) atoms. The predicted molar refractivity (Wildman–Crippen MR) is 74.8 cm³/mol. The molecular formula is C15H20N2O. The number of hydrogen-bond acceptors (Lipinski definition) is 1. The number of nitrogens with one attached hydrogen (secondary N) is 1. The number of nitrogens with zero attached hydrogens (tertiary/aromatic N) is 1.